The van der Waals surface area contributed by atoms with E-state index in [4.69, 9.17) is 0 Å². The van der Waals surface area contributed by atoms with E-state index in [9.17, 15) is 4.21 Å². The van der Waals surface area contributed by atoms with E-state index in [1.807, 2.05) is 27.7 Å². The van der Waals surface area contributed by atoms with E-state index in [1.54, 1.807) is 0 Å². The molecule has 1 rings (SSSR count). The first-order valence-electron chi connectivity index (χ1n) is 4.38. The third-order valence-electron chi connectivity index (χ3n) is 1.92. The van der Waals surface area contributed by atoms with Crippen molar-refractivity contribution < 1.29 is 4.21 Å². The van der Waals surface area contributed by atoms with Crippen molar-refractivity contribution in [1.82, 2.24) is 0 Å². The third kappa shape index (κ3) is 2.70. The molecule has 0 bridgehead atoms. The molecule has 0 aliphatic heterocycles. The molecule has 1 atom stereocenters. The summed E-state index contributed by atoms with van der Waals surface area (Å²) in [5.74, 6) is 0.635. The van der Waals surface area contributed by atoms with Crippen molar-refractivity contribution in [2.75, 3.05) is 0 Å². The highest BCUT2D eigenvalue weighted by molar-refractivity contribution is 7.85. The Morgan fingerprint density at radius 3 is 2.25 bits per heavy atom. The van der Waals surface area contributed by atoms with Gasteiger partial charge in [0.1, 0.15) is 11.0 Å². The van der Waals surface area contributed by atoms with Crippen LogP contribution in [0.15, 0.2) is 4.40 Å². The van der Waals surface area contributed by atoms with Crippen molar-refractivity contribution in [1.29, 1.82) is 0 Å². The Kier molecular flexibility index (Phi) is 2.71. The first-order valence-corrected chi connectivity index (χ1v) is 5.49. The van der Waals surface area contributed by atoms with Gasteiger partial charge in [-0.25, -0.2) is 4.21 Å². The Morgan fingerprint density at radius 1 is 1.42 bits per heavy atom. The summed E-state index contributed by atoms with van der Waals surface area (Å²) < 4.78 is 15.5. The quantitative estimate of drug-likeness (QED) is 0.610. The second-order valence-electron chi connectivity index (χ2n) is 4.37. The zero-order valence-electron chi connectivity index (χ0n) is 8.26. The highest BCUT2D eigenvalue weighted by atomic mass is 32.2. The fourth-order valence-electron chi connectivity index (χ4n) is 0.843. The summed E-state index contributed by atoms with van der Waals surface area (Å²) in [5.41, 5.74) is 1.07. The maximum absolute atomic E-state index is 11.5. The number of hydrogen-bond acceptors (Lipinski definition) is 1. The van der Waals surface area contributed by atoms with E-state index < -0.39 is 11.0 Å². The Balaban J connectivity index is 2.59. The van der Waals surface area contributed by atoms with Crippen molar-refractivity contribution >= 4 is 16.7 Å². The molecule has 1 saturated carbocycles. The average Bonchev–Trinajstić information content (AvgIpc) is 2.65. The van der Waals surface area contributed by atoms with Gasteiger partial charge in [-0.15, -0.1) is 0 Å². The highest BCUT2D eigenvalue weighted by Gasteiger charge is 2.26. The van der Waals surface area contributed by atoms with E-state index in [-0.39, 0.29) is 4.75 Å². The lowest BCUT2D eigenvalue weighted by atomic mass is 10.3. The number of rotatable bonds is 2. The molecular weight excluding hydrogens is 170 g/mol. The first kappa shape index (κ1) is 9.90. The van der Waals surface area contributed by atoms with Crippen LogP contribution in [0, 0.1) is 5.92 Å². The summed E-state index contributed by atoms with van der Waals surface area (Å²) in [6.07, 6.45) is 2.47. The van der Waals surface area contributed by atoms with Crippen LogP contribution in [0.2, 0.25) is 0 Å². The molecular formula is C9H17NOS. The molecule has 0 radical (unpaired) electrons. The molecule has 0 spiro atoms. The van der Waals surface area contributed by atoms with Gasteiger partial charge in [0.05, 0.1) is 4.75 Å². The molecule has 2 nitrogen and oxygen atoms in total. The van der Waals surface area contributed by atoms with Gasteiger partial charge < -0.3 is 0 Å². The average molecular weight is 187 g/mol. The molecule has 1 aliphatic carbocycles. The normalized spacial score (nSPS) is 22.5. The maximum Gasteiger partial charge on any atom is 0.144 e. The van der Waals surface area contributed by atoms with E-state index in [1.165, 1.54) is 12.8 Å². The maximum atomic E-state index is 11.5. The number of hydrogen-bond donors (Lipinski definition) is 0. The molecule has 0 aromatic carbocycles. The fourth-order valence-corrected chi connectivity index (χ4v) is 1.53. The van der Waals surface area contributed by atoms with Gasteiger partial charge in [-0.2, -0.15) is 4.40 Å². The Labute approximate surface area is 77.1 Å². The van der Waals surface area contributed by atoms with Crippen LogP contribution in [-0.2, 0) is 11.0 Å². The third-order valence-corrected chi connectivity index (χ3v) is 3.42. The molecule has 0 aromatic rings. The monoisotopic (exact) mass is 187 g/mol. The standard InChI is InChI=1S/C9H17NOS/c1-7(8-5-6-8)10-12(11)9(2,3)4/h8H,5-6H2,1-4H3/b10-7+. The lowest BCUT2D eigenvalue weighted by Gasteiger charge is -2.13. The lowest BCUT2D eigenvalue weighted by molar-refractivity contribution is 0.650. The van der Waals surface area contributed by atoms with Gasteiger partial charge in [0.2, 0.25) is 0 Å². The molecule has 1 aliphatic rings. The zero-order valence-corrected chi connectivity index (χ0v) is 9.07. The van der Waals surface area contributed by atoms with Crippen molar-refractivity contribution in [2.45, 2.75) is 45.3 Å². The van der Waals surface area contributed by atoms with Crippen molar-refractivity contribution in [3.63, 3.8) is 0 Å². The minimum Gasteiger partial charge on any atom is -0.234 e. The lowest BCUT2D eigenvalue weighted by Crippen LogP contribution is -2.20. The first-order chi connectivity index (χ1) is 5.41. The van der Waals surface area contributed by atoms with E-state index in [0.29, 0.717) is 5.92 Å². The molecule has 0 saturated heterocycles. The molecule has 0 amide bonds. The summed E-state index contributed by atoms with van der Waals surface area (Å²) >= 11 is 0. The van der Waals surface area contributed by atoms with Gasteiger partial charge in [0.15, 0.2) is 0 Å². The van der Waals surface area contributed by atoms with E-state index in [0.717, 1.165) is 5.71 Å². The van der Waals surface area contributed by atoms with Gasteiger partial charge in [-0.3, -0.25) is 0 Å². The largest absolute Gasteiger partial charge is 0.234 e. The Morgan fingerprint density at radius 2 is 1.92 bits per heavy atom. The minimum absolute atomic E-state index is 0.212. The molecule has 1 fully saturated rings. The number of nitrogens with zero attached hydrogens (tertiary/aromatic N) is 1. The van der Waals surface area contributed by atoms with Gasteiger partial charge in [0.25, 0.3) is 0 Å². The SMILES string of the molecule is C/C(=N\S(=O)C(C)(C)C)C1CC1. The predicted molar refractivity (Wildman–Crippen MR) is 53.7 cm³/mol. The topological polar surface area (TPSA) is 29.4 Å². The predicted octanol–water partition coefficient (Wildman–Crippen LogP) is 2.32. The summed E-state index contributed by atoms with van der Waals surface area (Å²) in [6.45, 7) is 7.84. The highest BCUT2D eigenvalue weighted by Crippen LogP contribution is 2.31. The Bertz CT molecular complexity index is 223. The van der Waals surface area contributed by atoms with Crippen LogP contribution in [0.3, 0.4) is 0 Å². The smallest absolute Gasteiger partial charge is 0.144 e. The van der Waals surface area contributed by atoms with Crippen molar-refractivity contribution in [3.05, 3.63) is 0 Å². The molecule has 12 heavy (non-hydrogen) atoms. The fraction of sp³-hybridized carbons (Fsp3) is 0.889. The molecule has 1 unspecified atom stereocenters. The van der Waals surface area contributed by atoms with E-state index in [2.05, 4.69) is 4.40 Å². The van der Waals surface area contributed by atoms with Gasteiger partial charge in [-0.1, -0.05) is 0 Å². The zero-order chi connectivity index (χ0) is 9.35. The van der Waals surface area contributed by atoms with Crippen LogP contribution in [0.25, 0.3) is 0 Å². The molecule has 70 valence electrons. The second-order valence-corrected chi connectivity index (χ2v) is 6.27. The molecule has 0 heterocycles. The van der Waals surface area contributed by atoms with Crippen LogP contribution in [0.1, 0.15) is 40.5 Å². The van der Waals surface area contributed by atoms with Crippen LogP contribution >= 0.6 is 0 Å². The summed E-state index contributed by atoms with van der Waals surface area (Å²) in [4.78, 5) is 0. The van der Waals surface area contributed by atoms with Crippen molar-refractivity contribution in [3.8, 4) is 0 Å². The minimum atomic E-state index is -1.06. The molecule has 0 N–H and O–H groups in total. The van der Waals surface area contributed by atoms with Gasteiger partial charge in [0, 0.05) is 5.71 Å². The van der Waals surface area contributed by atoms with Crippen LogP contribution in [0.5, 0.6) is 0 Å². The second kappa shape index (κ2) is 3.29. The molecule has 0 aromatic heterocycles. The van der Waals surface area contributed by atoms with Gasteiger partial charge >= 0.3 is 0 Å². The van der Waals surface area contributed by atoms with E-state index >= 15 is 0 Å². The summed E-state index contributed by atoms with van der Waals surface area (Å²) in [7, 11) is -1.06. The van der Waals surface area contributed by atoms with Crippen LogP contribution < -0.4 is 0 Å². The molecule has 3 heteroatoms. The van der Waals surface area contributed by atoms with Crippen molar-refractivity contribution in [2.24, 2.45) is 10.3 Å². The summed E-state index contributed by atoms with van der Waals surface area (Å²) in [6, 6.07) is 0. The van der Waals surface area contributed by atoms with Gasteiger partial charge in [-0.05, 0) is 46.5 Å². The summed E-state index contributed by atoms with van der Waals surface area (Å²) in [5, 5.41) is 0. The van der Waals surface area contributed by atoms with Crippen LogP contribution in [-0.4, -0.2) is 14.7 Å². The Hall–Kier alpha value is -0.180. The van der Waals surface area contributed by atoms with Crippen LogP contribution in [0.4, 0.5) is 0 Å².